The van der Waals surface area contributed by atoms with Crippen LogP contribution in [0, 0.1) is 11.6 Å². The van der Waals surface area contributed by atoms with Crippen LogP contribution in [0.25, 0.3) is 61.0 Å². The summed E-state index contributed by atoms with van der Waals surface area (Å²) in [5.41, 5.74) is 2.54. The Morgan fingerprint density at radius 2 is 1.75 bits per heavy atom. The first-order valence-electron chi connectivity index (χ1n) is 16.1. The molecule has 0 aliphatic carbocycles. The van der Waals surface area contributed by atoms with Crippen molar-refractivity contribution in [1.29, 1.82) is 0 Å². The van der Waals surface area contributed by atoms with Gasteiger partial charge in [0.05, 0.1) is 46.3 Å². The van der Waals surface area contributed by atoms with Crippen molar-refractivity contribution in [3.63, 3.8) is 0 Å². The second kappa shape index (κ2) is 11.5. The Kier molecular flexibility index (Phi) is 7.40. The molecule has 1 amide bonds. The van der Waals surface area contributed by atoms with Crippen molar-refractivity contribution in [3.8, 4) is 22.6 Å². The minimum absolute atomic E-state index is 0.173. The summed E-state index contributed by atoms with van der Waals surface area (Å²) in [7, 11) is -0.930. The Balaban J connectivity index is 1.39. The molecule has 4 aromatic heterocycles. The molecule has 1 saturated heterocycles. The van der Waals surface area contributed by atoms with Crippen molar-refractivity contribution in [2.45, 2.75) is 19.1 Å². The molecule has 1 fully saturated rings. The summed E-state index contributed by atoms with van der Waals surface area (Å²) in [6.07, 6.45) is 1.07. The topological polar surface area (TPSA) is 113 Å². The number of nitrogens with one attached hydrogen (secondary N) is 1. The van der Waals surface area contributed by atoms with Crippen molar-refractivity contribution in [2.75, 3.05) is 37.7 Å². The second-order valence-corrected chi connectivity index (χ2v) is 15.2. The highest BCUT2D eigenvalue weighted by Gasteiger charge is 2.39. The van der Waals surface area contributed by atoms with Crippen LogP contribution in [0.15, 0.2) is 77.2 Å². The summed E-state index contributed by atoms with van der Waals surface area (Å²) in [6.45, 7) is 2.36. The number of furan rings is 1. The predicted molar refractivity (Wildman–Crippen MR) is 190 cm³/mol. The van der Waals surface area contributed by atoms with Gasteiger partial charge in [-0.05, 0) is 67.6 Å². The van der Waals surface area contributed by atoms with Gasteiger partial charge in [0, 0.05) is 55.2 Å². The fourth-order valence-electron chi connectivity index (χ4n) is 6.95. The molecule has 1 N–H and O–H groups in total. The number of fused-ring (bicyclic) bond motifs is 6. The Morgan fingerprint density at radius 3 is 2.43 bits per heavy atom. The highest BCUT2D eigenvalue weighted by molar-refractivity contribution is 7.92. The number of anilines is 1. The highest BCUT2D eigenvalue weighted by Crippen LogP contribution is 2.42. The maximum Gasteiger partial charge on any atom is 0.255 e. The number of alkyl halides is 1. The third kappa shape index (κ3) is 5.45. The van der Waals surface area contributed by atoms with Crippen LogP contribution in [0.2, 0.25) is 0 Å². The standard InChI is InChI=1S/C37H31F3N6O4S/c1-37(40)18-45(19-37)17-32-42-27-13-12-26(43-34(27)30-15-22-25(39)6-5-7-28(22)46(30)32)23-14-24-31(16-29(23)44(3)51(4,48)49)50-35(33(24)36(47)41-2)20-8-10-21(38)11-9-20/h5-16H,17-19H2,1-4H3,(H,41,47). The molecular formula is C37H31F3N6O4S. The van der Waals surface area contributed by atoms with Crippen LogP contribution in [0.4, 0.5) is 18.9 Å². The number of halogens is 3. The van der Waals surface area contributed by atoms with E-state index in [9.17, 15) is 22.0 Å². The molecule has 0 unspecified atom stereocenters. The van der Waals surface area contributed by atoms with E-state index >= 15 is 4.39 Å². The van der Waals surface area contributed by atoms with Gasteiger partial charge >= 0.3 is 0 Å². The van der Waals surface area contributed by atoms with Crippen LogP contribution in [0.3, 0.4) is 0 Å². The minimum atomic E-state index is -3.80. The van der Waals surface area contributed by atoms with Gasteiger partial charge in [-0.1, -0.05) is 6.07 Å². The molecule has 1 aliphatic heterocycles. The zero-order chi connectivity index (χ0) is 36.0. The van der Waals surface area contributed by atoms with Gasteiger partial charge in [-0.3, -0.25) is 18.4 Å². The number of hydrogen-bond acceptors (Lipinski definition) is 7. The summed E-state index contributed by atoms with van der Waals surface area (Å²) in [4.78, 5) is 25.2. The Bertz CT molecular complexity index is 2680. The molecule has 0 saturated carbocycles. The lowest BCUT2D eigenvalue weighted by Gasteiger charge is -2.42. The van der Waals surface area contributed by atoms with Gasteiger partial charge in [0.2, 0.25) is 10.0 Å². The van der Waals surface area contributed by atoms with Gasteiger partial charge < -0.3 is 9.73 Å². The van der Waals surface area contributed by atoms with E-state index in [1.165, 1.54) is 50.5 Å². The molecule has 0 radical (unpaired) electrons. The average molecular weight is 713 g/mol. The Labute approximate surface area is 290 Å². The van der Waals surface area contributed by atoms with Gasteiger partial charge in [-0.15, -0.1) is 0 Å². The van der Waals surface area contributed by atoms with E-state index in [1.54, 1.807) is 43.3 Å². The van der Waals surface area contributed by atoms with Gasteiger partial charge in [0.25, 0.3) is 5.91 Å². The van der Waals surface area contributed by atoms with E-state index in [0.29, 0.717) is 62.0 Å². The number of hydrogen-bond donors (Lipinski definition) is 1. The molecule has 260 valence electrons. The summed E-state index contributed by atoms with van der Waals surface area (Å²) < 4.78 is 78.4. The van der Waals surface area contributed by atoms with Crippen molar-refractivity contribution < 1.29 is 30.8 Å². The van der Waals surface area contributed by atoms with E-state index in [4.69, 9.17) is 14.4 Å². The highest BCUT2D eigenvalue weighted by atomic mass is 32.2. The predicted octanol–water partition coefficient (Wildman–Crippen LogP) is 6.69. The number of nitrogens with zero attached hydrogens (tertiary/aromatic N) is 5. The zero-order valence-electron chi connectivity index (χ0n) is 28.0. The molecule has 10 nitrogen and oxygen atoms in total. The number of carbonyl (C=O) groups excluding carboxylic acids is 1. The van der Waals surface area contributed by atoms with E-state index in [2.05, 4.69) is 5.32 Å². The molecule has 0 spiro atoms. The smallest absolute Gasteiger partial charge is 0.255 e. The number of pyridine rings is 1. The maximum atomic E-state index is 15.2. The van der Waals surface area contributed by atoms with Crippen LogP contribution in [0.1, 0.15) is 23.1 Å². The lowest BCUT2D eigenvalue weighted by atomic mass is 9.99. The lowest BCUT2D eigenvalue weighted by molar-refractivity contribution is -0.0240. The van der Waals surface area contributed by atoms with Crippen molar-refractivity contribution in [2.24, 2.45) is 0 Å². The number of rotatable bonds is 7. The number of sulfonamides is 1. The summed E-state index contributed by atoms with van der Waals surface area (Å²) in [5.74, 6) is -0.588. The van der Waals surface area contributed by atoms with E-state index in [0.717, 1.165) is 10.6 Å². The van der Waals surface area contributed by atoms with Gasteiger partial charge in [0.15, 0.2) is 0 Å². The van der Waals surface area contributed by atoms with Crippen LogP contribution >= 0.6 is 0 Å². The van der Waals surface area contributed by atoms with Gasteiger partial charge in [-0.25, -0.2) is 31.6 Å². The Morgan fingerprint density at radius 1 is 1.00 bits per heavy atom. The first-order chi connectivity index (χ1) is 24.2. The van der Waals surface area contributed by atoms with Crippen LogP contribution < -0.4 is 9.62 Å². The second-order valence-electron chi connectivity index (χ2n) is 13.2. The molecule has 0 bridgehead atoms. The zero-order valence-corrected chi connectivity index (χ0v) is 28.8. The third-order valence-electron chi connectivity index (χ3n) is 9.37. The third-order valence-corrected chi connectivity index (χ3v) is 10.6. The van der Waals surface area contributed by atoms with E-state index in [1.807, 2.05) is 9.30 Å². The number of amides is 1. The summed E-state index contributed by atoms with van der Waals surface area (Å²) >= 11 is 0. The van der Waals surface area contributed by atoms with Crippen LogP contribution in [-0.2, 0) is 16.6 Å². The molecular weight excluding hydrogens is 682 g/mol. The number of benzene rings is 3. The molecule has 7 aromatic rings. The SMILES string of the molecule is CNC(=O)c1c(-c2ccc(F)cc2)oc2cc(N(C)S(C)(=O)=O)c(-c3ccc4nc(CN5CC(C)(F)C5)n5c6cccc(F)c6cc5c4n3)cc12. The fourth-order valence-corrected chi connectivity index (χ4v) is 7.46. The van der Waals surface area contributed by atoms with Crippen LogP contribution in [-0.4, -0.2) is 72.7 Å². The largest absolute Gasteiger partial charge is 0.455 e. The quantitative estimate of drug-likeness (QED) is 0.196. The molecule has 0 atom stereocenters. The number of likely N-dealkylation sites (tertiary alicyclic amines) is 1. The molecule has 5 heterocycles. The van der Waals surface area contributed by atoms with E-state index in [-0.39, 0.29) is 35.7 Å². The average Bonchev–Trinajstić information content (AvgIpc) is 3.66. The fraction of sp³-hybridized carbons (Fsp3) is 0.216. The first kappa shape index (κ1) is 32.7. The minimum Gasteiger partial charge on any atom is -0.455 e. The van der Waals surface area contributed by atoms with Crippen molar-refractivity contribution in [1.82, 2.24) is 24.6 Å². The number of carbonyl (C=O) groups is 1. The van der Waals surface area contributed by atoms with Gasteiger partial charge in [0.1, 0.15) is 40.0 Å². The molecule has 3 aromatic carbocycles. The van der Waals surface area contributed by atoms with Crippen molar-refractivity contribution >= 4 is 60.0 Å². The Hall–Kier alpha value is -5.47. The normalized spacial score (nSPS) is 14.8. The lowest BCUT2D eigenvalue weighted by Crippen LogP contribution is -2.56. The number of aromatic nitrogens is 3. The summed E-state index contributed by atoms with van der Waals surface area (Å²) in [5, 5.41) is 3.37. The maximum absolute atomic E-state index is 15.2. The van der Waals surface area contributed by atoms with Crippen molar-refractivity contribution in [3.05, 3.63) is 95.8 Å². The van der Waals surface area contributed by atoms with E-state index < -0.39 is 33.2 Å². The molecule has 51 heavy (non-hydrogen) atoms. The molecule has 14 heteroatoms. The van der Waals surface area contributed by atoms with Crippen LogP contribution in [0.5, 0.6) is 0 Å². The monoisotopic (exact) mass is 712 g/mol. The van der Waals surface area contributed by atoms with Gasteiger partial charge in [-0.2, -0.15) is 0 Å². The summed E-state index contributed by atoms with van der Waals surface area (Å²) in [6, 6.07) is 18.6. The molecule has 1 aliphatic rings. The molecule has 8 rings (SSSR count). The first-order valence-corrected chi connectivity index (χ1v) is 17.9.